The van der Waals surface area contributed by atoms with Gasteiger partial charge in [-0.1, -0.05) is 27.7 Å². The van der Waals surface area contributed by atoms with E-state index >= 15 is 0 Å². The zero-order chi connectivity index (χ0) is 15.5. The normalized spacial score (nSPS) is 20.9. The predicted molar refractivity (Wildman–Crippen MR) is 75.7 cm³/mol. The Morgan fingerprint density at radius 2 is 1.65 bits per heavy atom. The maximum Gasteiger partial charge on any atom is 0.244 e. The van der Waals surface area contributed by atoms with Crippen LogP contribution in [0.25, 0.3) is 0 Å². The lowest BCUT2D eigenvalue weighted by Gasteiger charge is -2.11. The molecule has 112 valence electrons. The van der Waals surface area contributed by atoms with Crippen molar-refractivity contribution in [2.45, 2.75) is 38.6 Å². The molecule has 1 aromatic rings. The highest BCUT2D eigenvalue weighted by atomic mass is 79.9. The average Bonchev–Trinajstić information content (AvgIpc) is 2.58. The summed E-state index contributed by atoms with van der Waals surface area (Å²) in [5.74, 6) is -1.94. The molecule has 1 N–H and O–H groups in total. The standard InChI is InChI=1S/C13H16BrF2NO2S/c1-12(2)11(13(12,3)4)17-20(18,19)10-8(14)5-7(15)6-9(10)16/h5-6,11,17H,1-4H3. The van der Waals surface area contributed by atoms with E-state index in [9.17, 15) is 17.2 Å². The van der Waals surface area contributed by atoms with Gasteiger partial charge in [0.1, 0.15) is 16.5 Å². The van der Waals surface area contributed by atoms with Gasteiger partial charge in [-0.2, -0.15) is 0 Å². The first-order valence-corrected chi connectivity index (χ1v) is 8.36. The van der Waals surface area contributed by atoms with Crippen LogP contribution < -0.4 is 4.72 Å². The molecule has 0 aliphatic heterocycles. The number of rotatable bonds is 3. The highest BCUT2D eigenvalue weighted by molar-refractivity contribution is 9.10. The van der Waals surface area contributed by atoms with E-state index in [4.69, 9.17) is 0 Å². The summed E-state index contributed by atoms with van der Waals surface area (Å²) in [4.78, 5) is -0.558. The molecule has 0 saturated heterocycles. The summed E-state index contributed by atoms with van der Waals surface area (Å²) in [6.07, 6.45) is 0. The molecule has 1 fully saturated rings. The quantitative estimate of drug-likeness (QED) is 0.889. The van der Waals surface area contributed by atoms with Gasteiger partial charge in [0, 0.05) is 16.6 Å². The predicted octanol–water partition coefficient (Wildman–Crippen LogP) is 3.44. The fourth-order valence-corrected chi connectivity index (χ4v) is 5.19. The van der Waals surface area contributed by atoms with E-state index in [-0.39, 0.29) is 21.3 Å². The van der Waals surface area contributed by atoms with Crippen LogP contribution in [0.15, 0.2) is 21.5 Å². The maximum absolute atomic E-state index is 13.8. The van der Waals surface area contributed by atoms with E-state index < -0.39 is 26.6 Å². The Kier molecular flexibility index (Phi) is 3.55. The monoisotopic (exact) mass is 367 g/mol. The molecule has 1 saturated carbocycles. The van der Waals surface area contributed by atoms with Crippen molar-refractivity contribution in [3.8, 4) is 0 Å². The molecular formula is C13H16BrF2NO2S. The molecule has 3 nitrogen and oxygen atoms in total. The number of hydrogen-bond donors (Lipinski definition) is 1. The van der Waals surface area contributed by atoms with Gasteiger partial charge in [0.25, 0.3) is 0 Å². The van der Waals surface area contributed by atoms with Crippen LogP contribution >= 0.6 is 15.9 Å². The fourth-order valence-electron chi connectivity index (χ4n) is 2.49. The van der Waals surface area contributed by atoms with Gasteiger partial charge in [0.05, 0.1) is 0 Å². The summed E-state index contributed by atoms with van der Waals surface area (Å²) in [6.45, 7) is 7.76. The first kappa shape index (κ1) is 15.9. The third-order valence-corrected chi connectivity index (χ3v) is 6.91. The van der Waals surface area contributed by atoms with E-state index in [1.54, 1.807) is 0 Å². The molecule has 20 heavy (non-hydrogen) atoms. The lowest BCUT2D eigenvalue weighted by molar-refractivity contribution is 0.457. The fraction of sp³-hybridized carbons (Fsp3) is 0.538. The lowest BCUT2D eigenvalue weighted by Crippen LogP contribution is -2.31. The van der Waals surface area contributed by atoms with Crippen molar-refractivity contribution in [1.82, 2.24) is 4.72 Å². The Balaban J connectivity index is 2.39. The second kappa shape index (κ2) is 4.48. The molecule has 0 spiro atoms. The van der Waals surface area contributed by atoms with E-state index in [2.05, 4.69) is 20.7 Å². The molecule has 0 bridgehead atoms. The molecule has 0 atom stereocenters. The zero-order valence-corrected chi connectivity index (χ0v) is 14.0. The highest BCUT2D eigenvalue weighted by Crippen LogP contribution is 2.63. The Hall–Kier alpha value is -0.530. The van der Waals surface area contributed by atoms with Gasteiger partial charge < -0.3 is 0 Å². The minimum atomic E-state index is -4.06. The molecule has 0 amide bonds. The molecule has 7 heteroatoms. The lowest BCUT2D eigenvalue weighted by atomic mass is 10.0. The van der Waals surface area contributed by atoms with Gasteiger partial charge in [-0.05, 0) is 32.8 Å². The summed E-state index contributed by atoms with van der Waals surface area (Å²) >= 11 is 2.90. The van der Waals surface area contributed by atoms with Gasteiger partial charge >= 0.3 is 0 Å². The van der Waals surface area contributed by atoms with Crippen LogP contribution in [0.3, 0.4) is 0 Å². The second-order valence-electron chi connectivity index (χ2n) is 6.20. The van der Waals surface area contributed by atoms with Crippen molar-refractivity contribution in [2.75, 3.05) is 0 Å². The Labute approximate surface area is 125 Å². The molecule has 0 radical (unpaired) electrons. The van der Waals surface area contributed by atoms with Gasteiger partial charge in [-0.3, -0.25) is 0 Å². The molecule has 1 aliphatic rings. The van der Waals surface area contributed by atoms with Crippen molar-refractivity contribution < 1.29 is 17.2 Å². The number of halogens is 3. The van der Waals surface area contributed by atoms with Crippen LogP contribution in [0, 0.1) is 22.5 Å². The molecule has 0 heterocycles. The van der Waals surface area contributed by atoms with E-state index in [0.717, 1.165) is 6.07 Å². The summed E-state index contributed by atoms with van der Waals surface area (Å²) < 4.78 is 53.8. The zero-order valence-electron chi connectivity index (χ0n) is 11.6. The Morgan fingerprint density at radius 1 is 1.15 bits per heavy atom. The van der Waals surface area contributed by atoms with Gasteiger partial charge in [-0.25, -0.2) is 21.9 Å². The van der Waals surface area contributed by atoms with E-state index in [1.807, 2.05) is 27.7 Å². The van der Waals surface area contributed by atoms with Crippen LogP contribution in [0.2, 0.25) is 0 Å². The average molecular weight is 368 g/mol. The molecule has 0 unspecified atom stereocenters. The van der Waals surface area contributed by atoms with Crippen LogP contribution in [0.5, 0.6) is 0 Å². The molecular weight excluding hydrogens is 352 g/mol. The topological polar surface area (TPSA) is 46.2 Å². The number of benzene rings is 1. The van der Waals surface area contributed by atoms with E-state index in [0.29, 0.717) is 6.07 Å². The number of sulfonamides is 1. The van der Waals surface area contributed by atoms with E-state index in [1.165, 1.54) is 0 Å². The molecule has 1 aliphatic carbocycles. The largest absolute Gasteiger partial charge is 0.244 e. The van der Waals surface area contributed by atoms with Crippen molar-refractivity contribution >= 4 is 26.0 Å². The summed E-state index contributed by atoms with van der Waals surface area (Å²) in [5, 5.41) is 0. The van der Waals surface area contributed by atoms with Gasteiger partial charge in [-0.15, -0.1) is 0 Å². The minimum absolute atomic E-state index is 0.126. The van der Waals surface area contributed by atoms with Crippen molar-refractivity contribution in [1.29, 1.82) is 0 Å². The van der Waals surface area contributed by atoms with Crippen LogP contribution in [0.4, 0.5) is 8.78 Å². The van der Waals surface area contributed by atoms with Crippen molar-refractivity contribution in [2.24, 2.45) is 10.8 Å². The maximum atomic E-state index is 13.8. The van der Waals surface area contributed by atoms with Crippen molar-refractivity contribution in [3.05, 3.63) is 28.2 Å². The van der Waals surface area contributed by atoms with Crippen molar-refractivity contribution in [3.63, 3.8) is 0 Å². The minimum Gasteiger partial charge on any atom is -0.207 e. The molecule has 2 rings (SSSR count). The van der Waals surface area contributed by atoms with Crippen LogP contribution in [-0.4, -0.2) is 14.5 Å². The van der Waals surface area contributed by atoms with Gasteiger partial charge in [0.15, 0.2) is 0 Å². The first-order chi connectivity index (χ1) is 8.91. The van der Waals surface area contributed by atoms with Crippen LogP contribution in [0.1, 0.15) is 27.7 Å². The first-order valence-electron chi connectivity index (χ1n) is 6.08. The smallest absolute Gasteiger partial charge is 0.207 e. The van der Waals surface area contributed by atoms with Gasteiger partial charge in [0.2, 0.25) is 10.0 Å². The highest BCUT2D eigenvalue weighted by Gasteiger charge is 2.66. The molecule has 0 aromatic heterocycles. The summed E-state index contributed by atoms with van der Waals surface area (Å²) in [6, 6.07) is 1.19. The number of hydrogen-bond acceptors (Lipinski definition) is 2. The summed E-state index contributed by atoms with van der Waals surface area (Å²) in [5.41, 5.74) is -0.438. The third kappa shape index (κ3) is 2.29. The number of nitrogens with one attached hydrogen (secondary N) is 1. The third-order valence-electron chi connectivity index (χ3n) is 4.53. The second-order valence-corrected chi connectivity index (χ2v) is 8.70. The van der Waals surface area contributed by atoms with Crippen LogP contribution in [-0.2, 0) is 10.0 Å². The SMILES string of the molecule is CC1(C)C(NS(=O)(=O)c2c(F)cc(F)cc2Br)C1(C)C. The Bertz CT molecular complexity index is 634. The summed E-state index contributed by atoms with van der Waals surface area (Å²) in [7, 11) is -4.06. The Morgan fingerprint density at radius 3 is 2.05 bits per heavy atom. The molecule has 1 aromatic carbocycles.